The second-order valence-electron chi connectivity index (χ2n) is 4.23. The van der Waals surface area contributed by atoms with Crippen LogP contribution in [0.25, 0.3) is 0 Å². The molecule has 0 N–H and O–H groups in total. The van der Waals surface area contributed by atoms with Gasteiger partial charge in [-0.05, 0) is 19.3 Å². The Morgan fingerprint density at radius 1 is 1.27 bits per heavy atom. The highest BCUT2D eigenvalue weighted by Crippen LogP contribution is 2.14. The van der Waals surface area contributed by atoms with Crippen LogP contribution in [0.4, 0.5) is 0 Å². The number of carbonyl (C=O) groups is 1. The Labute approximate surface area is 91.1 Å². The SMILES string of the molecule is O=C1CCCC/C=C\C1N1CCOCC1. The highest BCUT2D eigenvalue weighted by atomic mass is 16.5. The lowest BCUT2D eigenvalue weighted by molar-refractivity contribution is -0.124. The minimum Gasteiger partial charge on any atom is -0.379 e. The number of ketones is 1. The van der Waals surface area contributed by atoms with Crippen LogP contribution in [-0.2, 0) is 9.53 Å². The maximum Gasteiger partial charge on any atom is 0.153 e. The zero-order valence-electron chi connectivity index (χ0n) is 9.15. The Morgan fingerprint density at radius 3 is 2.87 bits per heavy atom. The molecule has 1 fully saturated rings. The van der Waals surface area contributed by atoms with Crippen LogP contribution in [-0.4, -0.2) is 43.0 Å². The molecule has 0 spiro atoms. The van der Waals surface area contributed by atoms with Gasteiger partial charge in [0.15, 0.2) is 5.78 Å². The highest BCUT2D eigenvalue weighted by molar-refractivity contribution is 5.86. The van der Waals surface area contributed by atoms with Gasteiger partial charge in [-0.2, -0.15) is 0 Å². The number of Topliss-reactive ketones (excluding diaryl/α,β-unsaturated/α-hetero) is 1. The van der Waals surface area contributed by atoms with Crippen molar-refractivity contribution in [2.24, 2.45) is 0 Å². The van der Waals surface area contributed by atoms with Crippen molar-refractivity contribution >= 4 is 5.78 Å². The lowest BCUT2D eigenvalue weighted by Gasteiger charge is -2.32. The number of carbonyl (C=O) groups excluding carboxylic acids is 1. The van der Waals surface area contributed by atoms with Crippen LogP contribution in [0, 0.1) is 0 Å². The molecule has 2 rings (SSSR count). The lowest BCUT2D eigenvalue weighted by Crippen LogP contribution is -2.46. The van der Waals surface area contributed by atoms with Gasteiger partial charge in [0.25, 0.3) is 0 Å². The van der Waals surface area contributed by atoms with E-state index in [-0.39, 0.29) is 6.04 Å². The molecule has 1 aliphatic carbocycles. The van der Waals surface area contributed by atoms with Crippen molar-refractivity contribution in [2.75, 3.05) is 26.3 Å². The summed E-state index contributed by atoms with van der Waals surface area (Å²) in [7, 11) is 0. The van der Waals surface area contributed by atoms with Gasteiger partial charge >= 0.3 is 0 Å². The van der Waals surface area contributed by atoms with E-state index in [4.69, 9.17) is 4.74 Å². The van der Waals surface area contributed by atoms with Gasteiger partial charge in [-0.1, -0.05) is 12.2 Å². The smallest absolute Gasteiger partial charge is 0.153 e. The predicted octanol–water partition coefficient (Wildman–Crippen LogP) is 1.39. The van der Waals surface area contributed by atoms with Crippen LogP contribution >= 0.6 is 0 Å². The highest BCUT2D eigenvalue weighted by Gasteiger charge is 2.24. The largest absolute Gasteiger partial charge is 0.379 e. The number of hydrogen-bond acceptors (Lipinski definition) is 3. The summed E-state index contributed by atoms with van der Waals surface area (Å²) in [6.07, 6.45) is 8.31. The molecule has 0 aromatic rings. The zero-order valence-corrected chi connectivity index (χ0v) is 9.15. The second kappa shape index (κ2) is 5.42. The monoisotopic (exact) mass is 209 g/mol. The minimum atomic E-state index is 0.0224. The standard InChI is InChI=1S/C12H19NO2/c14-12-6-4-2-1-3-5-11(12)13-7-9-15-10-8-13/h3,5,11H,1-2,4,6-10H2/b5-3-. The number of ether oxygens (including phenoxy) is 1. The summed E-state index contributed by atoms with van der Waals surface area (Å²) >= 11 is 0. The molecule has 1 aliphatic heterocycles. The van der Waals surface area contributed by atoms with Crippen molar-refractivity contribution in [1.29, 1.82) is 0 Å². The van der Waals surface area contributed by atoms with Crippen molar-refractivity contribution in [3.63, 3.8) is 0 Å². The summed E-state index contributed by atoms with van der Waals surface area (Å²) in [6, 6.07) is 0.0224. The van der Waals surface area contributed by atoms with Crippen LogP contribution in [0.15, 0.2) is 12.2 Å². The van der Waals surface area contributed by atoms with E-state index in [1.165, 1.54) is 0 Å². The third kappa shape index (κ3) is 2.89. The molecule has 0 bridgehead atoms. The van der Waals surface area contributed by atoms with Crippen LogP contribution in [0.2, 0.25) is 0 Å². The molecule has 2 aliphatic rings. The molecule has 0 aromatic heterocycles. The average molecular weight is 209 g/mol. The first-order valence-electron chi connectivity index (χ1n) is 5.89. The minimum absolute atomic E-state index is 0.0224. The van der Waals surface area contributed by atoms with Crippen molar-refractivity contribution in [1.82, 2.24) is 4.90 Å². The van der Waals surface area contributed by atoms with Crippen LogP contribution in [0.1, 0.15) is 25.7 Å². The Kier molecular flexibility index (Phi) is 3.92. The maximum atomic E-state index is 11.9. The molecule has 1 heterocycles. The van der Waals surface area contributed by atoms with Gasteiger partial charge in [0.05, 0.1) is 19.3 Å². The lowest BCUT2D eigenvalue weighted by atomic mass is 9.99. The maximum absolute atomic E-state index is 11.9. The first-order valence-corrected chi connectivity index (χ1v) is 5.89. The van der Waals surface area contributed by atoms with E-state index in [0.717, 1.165) is 52.0 Å². The van der Waals surface area contributed by atoms with E-state index < -0.39 is 0 Å². The van der Waals surface area contributed by atoms with Gasteiger partial charge in [-0.3, -0.25) is 9.69 Å². The van der Waals surface area contributed by atoms with Gasteiger partial charge in [-0.25, -0.2) is 0 Å². The van der Waals surface area contributed by atoms with Gasteiger partial charge < -0.3 is 4.74 Å². The molecule has 0 amide bonds. The first-order chi connectivity index (χ1) is 7.38. The van der Waals surface area contributed by atoms with Crippen molar-refractivity contribution in [3.8, 4) is 0 Å². The summed E-state index contributed by atoms with van der Waals surface area (Å²) in [6.45, 7) is 3.30. The summed E-state index contributed by atoms with van der Waals surface area (Å²) in [5, 5.41) is 0. The molecule has 0 radical (unpaired) electrons. The quantitative estimate of drug-likeness (QED) is 0.611. The molecule has 3 heteroatoms. The molecule has 1 saturated heterocycles. The molecule has 3 nitrogen and oxygen atoms in total. The molecule has 15 heavy (non-hydrogen) atoms. The van der Waals surface area contributed by atoms with Gasteiger partial charge in [-0.15, -0.1) is 0 Å². The van der Waals surface area contributed by atoms with Crippen LogP contribution < -0.4 is 0 Å². The van der Waals surface area contributed by atoms with Crippen molar-refractivity contribution in [2.45, 2.75) is 31.7 Å². The number of nitrogens with zero attached hydrogens (tertiary/aromatic N) is 1. The van der Waals surface area contributed by atoms with Crippen molar-refractivity contribution in [3.05, 3.63) is 12.2 Å². The molecule has 84 valence electrons. The molecule has 0 saturated carbocycles. The number of hydrogen-bond donors (Lipinski definition) is 0. The molecular weight excluding hydrogens is 190 g/mol. The molecule has 0 aromatic carbocycles. The predicted molar refractivity (Wildman–Crippen MR) is 58.8 cm³/mol. The van der Waals surface area contributed by atoms with E-state index in [1.807, 2.05) is 0 Å². The Morgan fingerprint density at radius 2 is 2.07 bits per heavy atom. The third-order valence-corrected chi connectivity index (χ3v) is 3.13. The summed E-state index contributed by atoms with van der Waals surface area (Å²) in [5.41, 5.74) is 0. The Bertz CT molecular complexity index is 244. The average Bonchev–Trinajstić information content (AvgIpc) is 2.25. The molecule has 1 unspecified atom stereocenters. The summed E-state index contributed by atoms with van der Waals surface area (Å²) in [5.74, 6) is 0.382. The van der Waals surface area contributed by atoms with E-state index in [0.29, 0.717) is 5.78 Å². The topological polar surface area (TPSA) is 29.5 Å². The molecule has 1 atom stereocenters. The molecular formula is C12H19NO2. The summed E-state index contributed by atoms with van der Waals surface area (Å²) in [4.78, 5) is 14.2. The van der Waals surface area contributed by atoms with Crippen molar-refractivity contribution < 1.29 is 9.53 Å². The van der Waals surface area contributed by atoms with Gasteiger partial charge in [0.1, 0.15) is 0 Å². The fraction of sp³-hybridized carbons (Fsp3) is 0.750. The number of morpholine rings is 1. The van der Waals surface area contributed by atoms with E-state index in [2.05, 4.69) is 17.1 Å². The van der Waals surface area contributed by atoms with E-state index in [9.17, 15) is 4.79 Å². The third-order valence-electron chi connectivity index (χ3n) is 3.13. The number of rotatable bonds is 1. The van der Waals surface area contributed by atoms with E-state index in [1.54, 1.807) is 0 Å². The number of allylic oxidation sites excluding steroid dienone is 1. The first kappa shape index (κ1) is 10.8. The van der Waals surface area contributed by atoms with Gasteiger partial charge in [0.2, 0.25) is 0 Å². The fourth-order valence-corrected chi connectivity index (χ4v) is 2.22. The van der Waals surface area contributed by atoms with Gasteiger partial charge in [0, 0.05) is 19.5 Å². The normalized spacial score (nSPS) is 32.0. The van der Waals surface area contributed by atoms with Crippen LogP contribution in [0.3, 0.4) is 0 Å². The second-order valence-corrected chi connectivity index (χ2v) is 4.23. The zero-order chi connectivity index (χ0) is 10.5. The Hall–Kier alpha value is -0.670. The van der Waals surface area contributed by atoms with E-state index >= 15 is 0 Å². The fourth-order valence-electron chi connectivity index (χ4n) is 2.22. The summed E-state index contributed by atoms with van der Waals surface area (Å²) < 4.78 is 5.30. The van der Waals surface area contributed by atoms with Crippen LogP contribution in [0.5, 0.6) is 0 Å². The Balaban J connectivity index is 2.01.